The van der Waals surface area contributed by atoms with Gasteiger partial charge in [0.1, 0.15) is 6.04 Å². The maximum absolute atomic E-state index is 10.6. The van der Waals surface area contributed by atoms with Gasteiger partial charge in [0, 0.05) is 5.71 Å². The Morgan fingerprint density at radius 2 is 2.42 bits per heavy atom. The lowest BCUT2D eigenvalue weighted by molar-refractivity contribution is -0.138. The van der Waals surface area contributed by atoms with Gasteiger partial charge in [0.15, 0.2) is 0 Å². The van der Waals surface area contributed by atoms with Crippen LogP contribution in [0.15, 0.2) is 4.99 Å². The van der Waals surface area contributed by atoms with E-state index in [1.165, 1.54) is 0 Å². The smallest absolute Gasteiger partial charge is 0.328 e. The topological polar surface area (TPSA) is 49.7 Å². The molecule has 3 heteroatoms. The minimum absolute atomic E-state index is 0.367. The molecule has 0 aliphatic carbocycles. The molecule has 0 bridgehead atoms. The first-order valence-corrected chi connectivity index (χ1v) is 4.44. The normalized spacial score (nSPS) is 28.7. The number of carbonyl (C=O) groups is 1. The van der Waals surface area contributed by atoms with Crippen LogP contribution in [0.4, 0.5) is 0 Å². The molecule has 0 amide bonds. The van der Waals surface area contributed by atoms with Gasteiger partial charge in [-0.3, -0.25) is 4.99 Å². The summed E-state index contributed by atoms with van der Waals surface area (Å²) in [6, 6.07) is -0.471. The standard InChI is InChI=1S/C9H15NO2/c1-3-4-7-6(2)5-8(10-7)9(11)12/h6,8H,3-5H2,1-2H3,(H,11,12). The molecule has 68 valence electrons. The third kappa shape index (κ3) is 1.84. The largest absolute Gasteiger partial charge is 0.480 e. The van der Waals surface area contributed by atoms with Gasteiger partial charge in [-0.1, -0.05) is 20.3 Å². The SMILES string of the molecule is CCCC1=NC(C(=O)O)CC1C. The lowest BCUT2D eigenvalue weighted by Crippen LogP contribution is -2.15. The second kappa shape index (κ2) is 3.70. The lowest BCUT2D eigenvalue weighted by atomic mass is 9.99. The molecular weight excluding hydrogens is 154 g/mol. The van der Waals surface area contributed by atoms with Crippen LogP contribution in [0.5, 0.6) is 0 Å². The fourth-order valence-corrected chi connectivity index (χ4v) is 1.57. The number of nitrogens with zero attached hydrogens (tertiary/aromatic N) is 1. The number of carboxylic acid groups (broad SMARTS) is 1. The van der Waals surface area contributed by atoms with Gasteiger partial charge in [0.2, 0.25) is 0 Å². The highest BCUT2D eigenvalue weighted by atomic mass is 16.4. The van der Waals surface area contributed by atoms with Crippen molar-refractivity contribution in [3.05, 3.63) is 0 Å². The van der Waals surface area contributed by atoms with Crippen LogP contribution in [-0.2, 0) is 4.79 Å². The molecule has 0 fully saturated rings. The van der Waals surface area contributed by atoms with Gasteiger partial charge in [0.25, 0.3) is 0 Å². The van der Waals surface area contributed by atoms with E-state index in [4.69, 9.17) is 5.11 Å². The first-order chi connectivity index (χ1) is 5.65. The maximum atomic E-state index is 10.6. The Balaban J connectivity index is 2.61. The Morgan fingerprint density at radius 1 is 1.75 bits per heavy atom. The van der Waals surface area contributed by atoms with Crippen molar-refractivity contribution in [1.29, 1.82) is 0 Å². The summed E-state index contributed by atoms with van der Waals surface area (Å²) in [7, 11) is 0. The van der Waals surface area contributed by atoms with Crippen LogP contribution in [0.25, 0.3) is 0 Å². The molecule has 2 unspecified atom stereocenters. The van der Waals surface area contributed by atoms with E-state index >= 15 is 0 Å². The summed E-state index contributed by atoms with van der Waals surface area (Å²) >= 11 is 0. The molecule has 2 atom stereocenters. The molecule has 0 saturated carbocycles. The fourth-order valence-electron chi connectivity index (χ4n) is 1.57. The molecule has 0 spiro atoms. The Bertz CT molecular complexity index is 211. The number of hydrogen-bond donors (Lipinski definition) is 1. The molecule has 0 aromatic carbocycles. The average molecular weight is 169 g/mol. The van der Waals surface area contributed by atoms with E-state index in [9.17, 15) is 4.79 Å². The summed E-state index contributed by atoms with van der Waals surface area (Å²) in [6.07, 6.45) is 2.69. The van der Waals surface area contributed by atoms with Crippen molar-refractivity contribution in [2.24, 2.45) is 10.9 Å². The first-order valence-electron chi connectivity index (χ1n) is 4.44. The van der Waals surface area contributed by atoms with Crippen LogP contribution in [0, 0.1) is 5.92 Å². The van der Waals surface area contributed by atoms with Crippen molar-refractivity contribution >= 4 is 11.7 Å². The van der Waals surface area contributed by atoms with Crippen LogP contribution in [0.1, 0.15) is 33.1 Å². The van der Waals surface area contributed by atoms with Crippen LogP contribution < -0.4 is 0 Å². The molecule has 1 rings (SSSR count). The number of aliphatic carboxylic acids is 1. The van der Waals surface area contributed by atoms with Gasteiger partial charge in [-0.25, -0.2) is 4.79 Å². The molecule has 0 radical (unpaired) electrons. The highest BCUT2D eigenvalue weighted by Crippen LogP contribution is 2.22. The molecule has 1 heterocycles. The second-order valence-electron chi connectivity index (χ2n) is 3.36. The van der Waals surface area contributed by atoms with Crippen LogP contribution in [0.2, 0.25) is 0 Å². The van der Waals surface area contributed by atoms with Crippen molar-refractivity contribution in [2.75, 3.05) is 0 Å². The third-order valence-electron chi connectivity index (χ3n) is 2.26. The number of rotatable bonds is 3. The van der Waals surface area contributed by atoms with Crippen molar-refractivity contribution in [2.45, 2.75) is 39.2 Å². The van der Waals surface area contributed by atoms with Gasteiger partial charge in [-0.2, -0.15) is 0 Å². The van der Waals surface area contributed by atoms with Crippen molar-refractivity contribution in [3.8, 4) is 0 Å². The molecule has 0 aromatic rings. The summed E-state index contributed by atoms with van der Waals surface area (Å²) in [5, 5.41) is 8.71. The van der Waals surface area contributed by atoms with E-state index in [-0.39, 0.29) is 0 Å². The Hall–Kier alpha value is -0.860. The van der Waals surface area contributed by atoms with Crippen molar-refractivity contribution in [1.82, 2.24) is 0 Å². The third-order valence-corrected chi connectivity index (χ3v) is 2.26. The zero-order valence-electron chi connectivity index (χ0n) is 7.58. The average Bonchev–Trinajstić information content (AvgIpc) is 2.34. The highest BCUT2D eigenvalue weighted by Gasteiger charge is 2.28. The summed E-state index contributed by atoms with van der Waals surface area (Å²) in [5.41, 5.74) is 1.09. The molecule has 3 nitrogen and oxygen atoms in total. The number of aliphatic imine (C=N–C) groups is 1. The maximum Gasteiger partial charge on any atom is 0.328 e. The molecule has 1 aliphatic heterocycles. The monoisotopic (exact) mass is 169 g/mol. The van der Waals surface area contributed by atoms with E-state index < -0.39 is 12.0 Å². The second-order valence-corrected chi connectivity index (χ2v) is 3.36. The molecule has 0 aromatic heterocycles. The highest BCUT2D eigenvalue weighted by molar-refractivity contribution is 5.92. The van der Waals surface area contributed by atoms with Gasteiger partial charge < -0.3 is 5.11 Å². The van der Waals surface area contributed by atoms with Crippen LogP contribution >= 0.6 is 0 Å². The minimum atomic E-state index is -0.784. The summed E-state index contributed by atoms with van der Waals surface area (Å²) in [5.74, 6) is -0.418. The molecule has 12 heavy (non-hydrogen) atoms. The molecule has 0 saturated heterocycles. The minimum Gasteiger partial charge on any atom is -0.480 e. The van der Waals surface area contributed by atoms with E-state index in [2.05, 4.69) is 18.8 Å². The van der Waals surface area contributed by atoms with Gasteiger partial charge in [-0.15, -0.1) is 0 Å². The zero-order chi connectivity index (χ0) is 9.14. The van der Waals surface area contributed by atoms with Gasteiger partial charge in [-0.05, 0) is 18.8 Å². The van der Waals surface area contributed by atoms with Gasteiger partial charge >= 0.3 is 5.97 Å². The first kappa shape index (κ1) is 9.23. The number of hydrogen-bond acceptors (Lipinski definition) is 2. The lowest BCUT2D eigenvalue weighted by Gasteiger charge is -2.03. The predicted molar refractivity (Wildman–Crippen MR) is 47.5 cm³/mol. The van der Waals surface area contributed by atoms with E-state index in [1.54, 1.807) is 0 Å². The van der Waals surface area contributed by atoms with E-state index in [0.29, 0.717) is 12.3 Å². The summed E-state index contributed by atoms with van der Waals surface area (Å²) in [4.78, 5) is 14.8. The predicted octanol–water partition coefficient (Wildman–Crippen LogP) is 1.72. The van der Waals surface area contributed by atoms with E-state index in [0.717, 1.165) is 18.6 Å². The Kier molecular flexibility index (Phi) is 2.84. The Morgan fingerprint density at radius 3 is 2.83 bits per heavy atom. The zero-order valence-corrected chi connectivity index (χ0v) is 7.58. The van der Waals surface area contributed by atoms with Crippen molar-refractivity contribution < 1.29 is 9.90 Å². The molecule has 1 aliphatic rings. The van der Waals surface area contributed by atoms with Crippen molar-refractivity contribution in [3.63, 3.8) is 0 Å². The van der Waals surface area contributed by atoms with Gasteiger partial charge in [0.05, 0.1) is 0 Å². The molecular formula is C9H15NO2. The van der Waals surface area contributed by atoms with Crippen LogP contribution in [-0.4, -0.2) is 22.8 Å². The fraction of sp³-hybridized carbons (Fsp3) is 0.778. The molecule has 1 N–H and O–H groups in total. The van der Waals surface area contributed by atoms with E-state index in [1.807, 2.05) is 0 Å². The summed E-state index contributed by atoms with van der Waals surface area (Å²) in [6.45, 7) is 4.14. The Labute approximate surface area is 72.5 Å². The van der Waals surface area contributed by atoms with Crippen LogP contribution in [0.3, 0.4) is 0 Å². The summed E-state index contributed by atoms with van der Waals surface area (Å²) < 4.78 is 0. The quantitative estimate of drug-likeness (QED) is 0.699. The number of carboxylic acids is 1.